The number of alkyl halides is 3. The molecule has 1 aromatic heterocycles. The van der Waals surface area contributed by atoms with Crippen LogP contribution in [0, 0.1) is 0 Å². The maximum absolute atomic E-state index is 12.1. The van der Waals surface area contributed by atoms with E-state index < -0.39 is 18.2 Å². The lowest BCUT2D eigenvalue weighted by Crippen LogP contribution is -2.32. The van der Waals surface area contributed by atoms with Gasteiger partial charge in [0.05, 0.1) is 12.3 Å². The lowest BCUT2D eigenvalue weighted by Gasteiger charge is -2.10. The molecule has 0 saturated carbocycles. The Hall–Kier alpha value is -3.59. The molecule has 3 aromatic rings. The number of Topliss-reactive ketones (excluding diaryl/α,β-unsaturated/α-hetero) is 1. The summed E-state index contributed by atoms with van der Waals surface area (Å²) >= 11 is 0. The summed E-state index contributed by atoms with van der Waals surface area (Å²) in [5.74, 6) is -1.87. The molecule has 0 amide bonds. The molecule has 31 heavy (non-hydrogen) atoms. The van der Waals surface area contributed by atoms with Crippen LogP contribution in [-0.2, 0) is 17.8 Å². The van der Waals surface area contributed by atoms with E-state index in [4.69, 9.17) is 24.8 Å². The number of carboxylic acid groups (broad SMARTS) is 1. The number of furan rings is 1. The third-order valence-corrected chi connectivity index (χ3v) is 3.97. The fraction of sp³-hybridized carbons (Fsp3) is 0.182. The molecule has 2 aromatic carbocycles. The lowest BCUT2D eigenvalue weighted by atomic mass is 10.0. The molecule has 164 valence electrons. The second kappa shape index (κ2) is 11.0. The van der Waals surface area contributed by atoms with E-state index in [0.29, 0.717) is 18.8 Å². The van der Waals surface area contributed by atoms with Gasteiger partial charge in [0.2, 0.25) is 5.78 Å². The van der Waals surface area contributed by atoms with Gasteiger partial charge >= 0.3 is 12.1 Å². The Balaban J connectivity index is 0.000000423. The minimum absolute atomic E-state index is 0.190. The summed E-state index contributed by atoms with van der Waals surface area (Å²) in [7, 11) is 0. The normalized spacial score (nSPS) is 11.7. The van der Waals surface area contributed by atoms with Crippen molar-refractivity contribution < 1.29 is 37.0 Å². The quantitative estimate of drug-likeness (QED) is 0.538. The van der Waals surface area contributed by atoms with E-state index in [1.165, 1.54) is 6.26 Å². The number of ether oxygens (including phenoxy) is 1. The number of rotatable bonds is 7. The monoisotopic (exact) mass is 435 g/mol. The van der Waals surface area contributed by atoms with Gasteiger partial charge < -0.3 is 20.0 Å². The van der Waals surface area contributed by atoms with Gasteiger partial charge in [-0.2, -0.15) is 13.2 Å². The number of ketones is 1. The Morgan fingerprint density at radius 1 is 0.968 bits per heavy atom. The predicted molar refractivity (Wildman–Crippen MR) is 106 cm³/mol. The molecule has 1 heterocycles. The van der Waals surface area contributed by atoms with Crippen LogP contribution in [-0.4, -0.2) is 29.1 Å². The van der Waals surface area contributed by atoms with Crippen molar-refractivity contribution in [2.45, 2.75) is 25.2 Å². The number of hydrogen-bond donors (Lipinski definition) is 2. The maximum Gasteiger partial charge on any atom is 0.490 e. The van der Waals surface area contributed by atoms with Crippen molar-refractivity contribution in [1.82, 2.24) is 0 Å². The number of halogens is 3. The number of carbonyl (C=O) groups excluding carboxylic acids is 1. The molecule has 0 aliphatic rings. The third-order valence-electron chi connectivity index (χ3n) is 3.97. The number of carbonyl (C=O) groups is 2. The highest BCUT2D eigenvalue weighted by atomic mass is 19.4. The average molecular weight is 435 g/mol. The van der Waals surface area contributed by atoms with Crippen LogP contribution in [0.1, 0.15) is 21.7 Å². The van der Waals surface area contributed by atoms with E-state index in [0.717, 1.165) is 16.9 Å². The Morgan fingerprint density at radius 3 is 2.10 bits per heavy atom. The van der Waals surface area contributed by atoms with Crippen molar-refractivity contribution >= 4 is 11.8 Å². The molecule has 0 aliphatic carbocycles. The van der Waals surface area contributed by atoms with Crippen molar-refractivity contribution in [3.63, 3.8) is 0 Å². The van der Waals surface area contributed by atoms with E-state index in [9.17, 15) is 18.0 Å². The SMILES string of the molecule is N[C@@H](Cc1ccc(OCc2ccccc2)cc1)C(=O)c1ccco1.O=C(O)C(F)(F)F. The zero-order valence-electron chi connectivity index (χ0n) is 16.2. The van der Waals surface area contributed by atoms with Crippen molar-refractivity contribution in [1.29, 1.82) is 0 Å². The van der Waals surface area contributed by atoms with E-state index in [-0.39, 0.29) is 5.78 Å². The van der Waals surface area contributed by atoms with Crippen LogP contribution in [0.2, 0.25) is 0 Å². The van der Waals surface area contributed by atoms with Crippen LogP contribution < -0.4 is 10.5 Å². The highest BCUT2D eigenvalue weighted by molar-refractivity contribution is 5.97. The summed E-state index contributed by atoms with van der Waals surface area (Å²) in [6.45, 7) is 0.524. The van der Waals surface area contributed by atoms with Gasteiger partial charge in [-0.3, -0.25) is 4.79 Å². The van der Waals surface area contributed by atoms with E-state index >= 15 is 0 Å². The molecule has 0 radical (unpaired) electrons. The summed E-state index contributed by atoms with van der Waals surface area (Å²) in [6, 6.07) is 20.3. The molecule has 9 heteroatoms. The molecule has 1 atom stereocenters. The smallest absolute Gasteiger partial charge is 0.489 e. The number of carboxylic acids is 1. The molecule has 0 aliphatic heterocycles. The van der Waals surface area contributed by atoms with Crippen LogP contribution in [0.15, 0.2) is 77.4 Å². The molecule has 3 rings (SSSR count). The van der Waals surface area contributed by atoms with Gasteiger partial charge in [-0.15, -0.1) is 0 Å². The van der Waals surface area contributed by atoms with Crippen LogP contribution >= 0.6 is 0 Å². The number of aliphatic carboxylic acids is 1. The molecule has 0 bridgehead atoms. The van der Waals surface area contributed by atoms with Crippen LogP contribution in [0.4, 0.5) is 13.2 Å². The highest BCUT2D eigenvalue weighted by Gasteiger charge is 2.38. The number of hydrogen-bond acceptors (Lipinski definition) is 5. The van der Waals surface area contributed by atoms with E-state index in [1.54, 1.807) is 12.1 Å². The Bertz CT molecular complexity index is 955. The van der Waals surface area contributed by atoms with Gasteiger partial charge in [0.1, 0.15) is 12.4 Å². The van der Waals surface area contributed by atoms with Gasteiger partial charge in [-0.05, 0) is 41.8 Å². The standard InChI is InChI=1S/C20H19NO3.C2HF3O2/c21-18(20(22)19-7-4-12-23-19)13-15-8-10-17(11-9-15)24-14-16-5-2-1-3-6-16;3-2(4,5)1(6)7/h1-12,18H,13-14,21H2;(H,6,7)/t18-;/m0./s1. The second-order valence-corrected chi connectivity index (χ2v) is 6.37. The van der Waals surface area contributed by atoms with Crippen LogP contribution in [0.25, 0.3) is 0 Å². The third kappa shape index (κ3) is 7.98. The minimum atomic E-state index is -5.08. The first kappa shape index (κ1) is 23.7. The van der Waals surface area contributed by atoms with Crippen molar-refractivity contribution in [3.05, 3.63) is 89.9 Å². The number of benzene rings is 2. The molecule has 0 fully saturated rings. The maximum atomic E-state index is 12.1. The predicted octanol–water partition coefficient (Wildman–Crippen LogP) is 4.24. The fourth-order valence-electron chi connectivity index (χ4n) is 2.41. The number of nitrogens with two attached hydrogens (primary N) is 1. The largest absolute Gasteiger partial charge is 0.490 e. The van der Waals surface area contributed by atoms with Gasteiger partial charge in [0.25, 0.3) is 0 Å². The first-order chi connectivity index (χ1) is 14.7. The first-order valence-electron chi connectivity index (χ1n) is 9.06. The highest BCUT2D eigenvalue weighted by Crippen LogP contribution is 2.16. The summed E-state index contributed by atoms with van der Waals surface area (Å²) in [6.07, 6.45) is -3.16. The summed E-state index contributed by atoms with van der Waals surface area (Å²) in [4.78, 5) is 21.0. The van der Waals surface area contributed by atoms with Crippen molar-refractivity contribution in [3.8, 4) is 5.75 Å². The Morgan fingerprint density at radius 2 is 1.58 bits per heavy atom. The zero-order valence-corrected chi connectivity index (χ0v) is 16.2. The zero-order chi connectivity index (χ0) is 22.9. The molecule has 0 saturated heterocycles. The molecule has 6 nitrogen and oxygen atoms in total. The average Bonchev–Trinajstić information content (AvgIpc) is 3.28. The van der Waals surface area contributed by atoms with Gasteiger partial charge in [0, 0.05) is 0 Å². The summed E-state index contributed by atoms with van der Waals surface area (Å²) in [5.41, 5.74) is 8.07. The molecular formula is C22H20F3NO5. The van der Waals surface area contributed by atoms with Gasteiger partial charge in [-0.25, -0.2) is 4.79 Å². The topological polar surface area (TPSA) is 103 Å². The van der Waals surface area contributed by atoms with Gasteiger partial charge in [-0.1, -0.05) is 42.5 Å². The lowest BCUT2D eigenvalue weighted by molar-refractivity contribution is -0.192. The van der Waals surface area contributed by atoms with Gasteiger partial charge in [0.15, 0.2) is 5.76 Å². The van der Waals surface area contributed by atoms with Crippen molar-refractivity contribution in [2.75, 3.05) is 0 Å². The van der Waals surface area contributed by atoms with E-state index in [2.05, 4.69) is 0 Å². The first-order valence-corrected chi connectivity index (χ1v) is 9.06. The summed E-state index contributed by atoms with van der Waals surface area (Å²) < 4.78 is 42.6. The molecule has 3 N–H and O–H groups in total. The Labute approximate surface area is 176 Å². The minimum Gasteiger partial charge on any atom is -0.489 e. The molecular weight excluding hydrogens is 415 g/mol. The second-order valence-electron chi connectivity index (χ2n) is 6.37. The van der Waals surface area contributed by atoms with Crippen LogP contribution in [0.5, 0.6) is 5.75 Å². The molecule has 0 unspecified atom stereocenters. The van der Waals surface area contributed by atoms with Crippen molar-refractivity contribution in [2.24, 2.45) is 5.73 Å². The molecule has 0 spiro atoms. The fourth-order valence-corrected chi connectivity index (χ4v) is 2.41. The van der Waals surface area contributed by atoms with Crippen LogP contribution in [0.3, 0.4) is 0 Å². The Kier molecular flexibility index (Phi) is 8.39. The summed E-state index contributed by atoms with van der Waals surface area (Å²) in [5, 5.41) is 7.12. The van der Waals surface area contributed by atoms with E-state index in [1.807, 2.05) is 54.6 Å².